The van der Waals surface area contributed by atoms with Gasteiger partial charge >= 0.3 is 0 Å². The highest BCUT2D eigenvalue weighted by molar-refractivity contribution is 9.10. The highest BCUT2D eigenvalue weighted by Crippen LogP contribution is 2.19. The minimum atomic E-state index is -0.0635. The van der Waals surface area contributed by atoms with Crippen LogP contribution in [0.3, 0.4) is 0 Å². The summed E-state index contributed by atoms with van der Waals surface area (Å²) in [4.78, 5) is 12.4. The molecule has 2 rings (SSSR count). The fourth-order valence-electron chi connectivity index (χ4n) is 1.45. The minimum Gasteiger partial charge on any atom is -0.378 e. The maximum absolute atomic E-state index is 11.7. The van der Waals surface area contributed by atoms with E-state index in [9.17, 15) is 4.79 Å². The van der Waals surface area contributed by atoms with Crippen molar-refractivity contribution >= 4 is 33.2 Å². The Morgan fingerprint density at radius 3 is 3.11 bits per heavy atom. The maximum Gasteiger partial charge on any atom is 0.261 e. The van der Waals surface area contributed by atoms with E-state index in [1.807, 2.05) is 22.3 Å². The molecule has 1 amide bonds. The molecule has 19 heavy (non-hydrogen) atoms. The van der Waals surface area contributed by atoms with Crippen LogP contribution >= 0.6 is 27.3 Å². The lowest BCUT2D eigenvalue weighted by atomic mass is 10.4. The van der Waals surface area contributed by atoms with Gasteiger partial charge in [0.15, 0.2) is 0 Å². The topological polar surface area (TPSA) is 56.1 Å². The normalized spacial score (nSPS) is 10.6. The summed E-state index contributed by atoms with van der Waals surface area (Å²) in [6.45, 7) is 2.31. The van der Waals surface area contributed by atoms with E-state index in [0.717, 1.165) is 11.0 Å². The van der Waals surface area contributed by atoms with Crippen LogP contribution in [0.4, 0.5) is 0 Å². The molecular formula is C12H14BrN3O2S. The lowest BCUT2D eigenvalue weighted by Crippen LogP contribution is -2.27. The summed E-state index contributed by atoms with van der Waals surface area (Å²) in [6.07, 6.45) is 3.62. The zero-order chi connectivity index (χ0) is 13.5. The lowest BCUT2D eigenvalue weighted by Gasteiger charge is -2.05. The van der Waals surface area contributed by atoms with Crippen LogP contribution in [-0.4, -0.2) is 35.4 Å². The molecule has 5 nitrogen and oxygen atoms in total. The number of aromatic nitrogens is 2. The maximum atomic E-state index is 11.7. The second-order valence-corrected chi connectivity index (χ2v) is 5.59. The standard InChI is InChI=1S/C12H14BrN3O2S/c13-10-8-11(19-9-10)12(17)14-3-6-18-7-5-16-4-1-2-15-16/h1-2,4,8-9H,3,5-7H2,(H,14,17). The predicted molar refractivity (Wildman–Crippen MR) is 77.4 cm³/mol. The van der Waals surface area contributed by atoms with Gasteiger partial charge < -0.3 is 10.1 Å². The SMILES string of the molecule is O=C(NCCOCCn1cccn1)c1cc(Br)cs1. The van der Waals surface area contributed by atoms with Crippen molar-refractivity contribution in [3.63, 3.8) is 0 Å². The van der Waals surface area contributed by atoms with Crippen molar-refractivity contribution < 1.29 is 9.53 Å². The Bertz CT molecular complexity index is 513. The van der Waals surface area contributed by atoms with Crippen molar-refractivity contribution in [3.05, 3.63) is 39.3 Å². The Morgan fingerprint density at radius 1 is 1.53 bits per heavy atom. The van der Waals surface area contributed by atoms with Crippen molar-refractivity contribution in [2.75, 3.05) is 19.8 Å². The zero-order valence-electron chi connectivity index (χ0n) is 10.2. The van der Waals surface area contributed by atoms with Crippen molar-refractivity contribution in [1.29, 1.82) is 0 Å². The number of ether oxygens (including phenoxy) is 1. The van der Waals surface area contributed by atoms with E-state index in [1.54, 1.807) is 12.3 Å². The van der Waals surface area contributed by atoms with Crippen molar-refractivity contribution in [3.8, 4) is 0 Å². The van der Waals surface area contributed by atoms with Gasteiger partial charge in [-0.25, -0.2) is 0 Å². The Hall–Kier alpha value is -1.18. The summed E-state index contributed by atoms with van der Waals surface area (Å²) in [5, 5.41) is 8.76. The van der Waals surface area contributed by atoms with Crippen molar-refractivity contribution in [1.82, 2.24) is 15.1 Å². The quantitative estimate of drug-likeness (QED) is 0.783. The molecule has 0 fully saturated rings. The van der Waals surface area contributed by atoms with Crippen LogP contribution in [0.25, 0.3) is 0 Å². The van der Waals surface area contributed by atoms with Crippen LogP contribution in [0.2, 0.25) is 0 Å². The number of nitrogens with zero attached hydrogens (tertiary/aromatic N) is 2. The van der Waals surface area contributed by atoms with Crippen molar-refractivity contribution in [2.24, 2.45) is 0 Å². The minimum absolute atomic E-state index is 0.0635. The van der Waals surface area contributed by atoms with Crippen LogP contribution in [0, 0.1) is 0 Å². The first-order chi connectivity index (χ1) is 9.25. The summed E-state index contributed by atoms with van der Waals surface area (Å²) in [6, 6.07) is 3.68. The first-order valence-electron chi connectivity index (χ1n) is 5.83. The van der Waals surface area contributed by atoms with Gasteiger partial charge in [-0.2, -0.15) is 5.10 Å². The van der Waals surface area contributed by atoms with Gasteiger partial charge in [-0.1, -0.05) is 0 Å². The largest absolute Gasteiger partial charge is 0.378 e. The molecule has 2 heterocycles. The van der Waals surface area contributed by atoms with E-state index in [4.69, 9.17) is 4.74 Å². The Morgan fingerprint density at radius 2 is 2.42 bits per heavy atom. The van der Waals surface area contributed by atoms with E-state index in [-0.39, 0.29) is 5.91 Å². The van der Waals surface area contributed by atoms with Crippen molar-refractivity contribution in [2.45, 2.75) is 6.54 Å². The third-order valence-corrected chi connectivity index (χ3v) is 4.04. The van der Waals surface area contributed by atoms with Gasteiger partial charge in [0.05, 0.1) is 24.6 Å². The predicted octanol–water partition coefficient (Wildman–Crippen LogP) is 2.15. The number of hydrogen-bond donors (Lipinski definition) is 1. The summed E-state index contributed by atoms with van der Waals surface area (Å²) in [5.74, 6) is -0.0635. The smallest absolute Gasteiger partial charge is 0.261 e. The van der Waals surface area contributed by atoms with Gasteiger partial charge in [0.2, 0.25) is 0 Å². The molecule has 0 radical (unpaired) electrons. The third-order valence-electron chi connectivity index (χ3n) is 2.35. The molecule has 0 aliphatic rings. The van der Waals surface area contributed by atoms with Crippen LogP contribution in [0.5, 0.6) is 0 Å². The van der Waals surface area contributed by atoms with E-state index in [0.29, 0.717) is 24.6 Å². The Labute approximate surface area is 123 Å². The fourth-order valence-corrected chi connectivity index (χ4v) is 2.79. The van der Waals surface area contributed by atoms with Crippen LogP contribution in [0.1, 0.15) is 9.67 Å². The number of halogens is 1. The zero-order valence-corrected chi connectivity index (χ0v) is 12.6. The van der Waals surface area contributed by atoms with Gasteiger partial charge in [-0.05, 0) is 28.1 Å². The molecule has 0 unspecified atom stereocenters. The van der Waals surface area contributed by atoms with Gasteiger partial charge in [0.25, 0.3) is 5.91 Å². The van der Waals surface area contributed by atoms with Crippen LogP contribution in [-0.2, 0) is 11.3 Å². The Balaban J connectivity index is 1.55. The van der Waals surface area contributed by atoms with Gasteiger partial charge in [0, 0.05) is 28.8 Å². The molecule has 2 aromatic rings. The molecule has 0 saturated heterocycles. The summed E-state index contributed by atoms with van der Waals surface area (Å²) in [5.41, 5.74) is 0. The molecule has 1 N–H and O–H groups in total. The molecule has 0 spiro atoms. The van der Waals surface area contributed by atoms with Gasteiger partial charge in [-0.3, -0.25) is 9.48 Å². The number of rotatable bonds is 7. The molecule has 0 aromatic carbocycles. The number of thiophene rings is 1. The number of hydrogen-bond acceptors (Lipinski definition) is 4. The lowest BCUT2D eigenvalue weighted by molar-refractivity contribution is 0.0910. The van der Waals surface area contributed by atoms with E-state index >= 15 is 0 Å². The molecule has 0 bridgehead atoms. The highest BCUT2D eigenvalue weighted by atomic mass is 79.9. The number of carbonyl (C=O) groups is 1. The molecule has 7 heteroatoms. The monoisotopic (exact) mass is 343 g/mol. The third kappa shape index (κ3) is 4.77. The summed E-state index contributed by atoms with van der Waals surface area (Å²) < 4.78 is 8.15. The molecule has 0 aliphatic carbocycles. The average molecular weight is 344 g/mol. The molecule has 0 aliphatic heterocycles. The molecule has 0 saturated carbocycles. The molecule has 102 valence electrons. The number of carbonyl (C=O) groups excluding carboxylic acids is 1. The second-order valence-electron chi connectivity index (χ2n) is 3.77. The van der Waals surface area contributed by atoms with Gasteiger partial charge in [-0.15, -0.1) is 11.3 Å². The first-order valence-corrected chi connectivity index (χ1v) is 7.50. The number of amides is 1. The number of nitrogens with one attached hydrogen (secondary N) is 1. The van der Waals surface area contributed by atoms with Crippen LogP contribution < -0.4 is 5.32 Å². The fraction of sp³-hybridized carbons (Fsp3) is 0.333. The summed E-state index contributed by atoms with van der Waals surface area (Å²) >= 11 is 4.73. The summed E-state index contributed by atoms with van der Waals surface area (Å²) in [7, 11) is 0. The average Bonchev–Trinajstić information content (AvgIpc) is 3.04. The highest BCUT2D eigenvalue weighted by Gasteiger charge is 2.06. The van der Waals surface area contributed by atoms with Crippen LogP contribution in [0.15, 0.2) is 34.4 Å². The second kappa shape index (κ2) is 7.42. The van der Waals surface area contributed by atoms with E-state index < -0.39 is 0 Å². The first kappa shape index (κ1) is 14.2. The van der Waals surface area contributed by atoms with Gasteiger partial charge in [0.1, 0.15) is 0 Å². The molecule has 2 aromatic heterocycles. The molecule has 0 atom stereocenters. The van der Waals surface area contributed by atoms with E-state index in [2.05, 4.69) is 26.3 Å². The Kier molecular flexibility index (Phi) is 5.56. The van der Waals surface area contributed by atoms with E-state index in [1.165, 1.54) is 11.3 Å². The molecular weight excluding hydrogens is 330 g/mol.